The van der Waals surface area contributed by atoms with Crippen LogP contribution in [-0.4, -0.2) is 150 Å². The van der Waals surface area contributed by atoms with E-state index in [1.807, 2.05) is 36.7 Å². The van der Waals surface area contributed by atoms with Crippen LogP contribution in [0.1, 0.15) is 71.4 Å². The van der Waals surface area contributed by atoms with Crippen LogP contribution in [0.3, 0.4) is 0 Å². The minimum Gasteiger partial charge on any atom is -0.479 e. The van der Waals surface area contributed by atoms with Gasteiger partial charge in [0.15, 0.2) is 12.1 Å². The van der Waals surface area contributed by atoms with Crippen molar-refractivity contribution in [3.8, 4) is 6.07 Å². The third-order valence-electron chi connectivity index (χ3n) is 11.8. The first kappa shape index (κ1) is 58.7. The molecule has 0 saturated heterocycles. The molecule has 0 aliphatic carbocycles. The number of ether oxygens (including phenoxy) is 1. The Hall–Kier alpha value is -6.64. The SMILES string of the molecule is Bc1ccc(Cn2cc(C[C@@H](C(=O)N[C@H](C(=O)N(C)[C@@H](C)C(=O)O[C@H](CCC#N)C(=O)O)C(F)(F)F)N(C)C(=O)[C@H](CC(C)C)NC(=O)[C@H](CC(C)C)N(C)C(=O)[C@@H](N)C(F)(F)F)c3ccccc32)cc1. The number of rotatable bonds is 23. The van der Waals surface area contributed by atoms with Gasteiger partial charge in [-0.2, -0.15) is 31.6 Å². The fourth-order valence-electron chi connectivity index (χ4n) is 7.62. The van der Waals surface area contributed by atoms with Gasteiger partial charge in [0.05, 0.1) is 6.07 Å². The maximum absolute atomic E-state index is 15.0. The standard InChI is InChI=1S/C47H61BF6N8O9/c1-25(2)20-32(57-39(63)34(21-26(3)4)61(8)42(66)37(56)46(49,50)51)41(65)60(7)35(22-29-24-62(33-13-10-9-12-31(29)33)23-28-15-17-30(48)18-16-28)40(64)58-38(47(52,53)54)43(67)59(6)27(5)45(70)71-36(44(68)69)14-11-19-55/h9-10,12-13,15-18,24-27,32,34-38H,11,14,20-23,48,56H2,1-8H3,(H,57,63)(H,58,64)(H,68,69)/t27-,32-,34-,35-,36+,37+,38+/m0/s1. The second-order valence-electron chi connectivity index (χ2n) is 18.3. The lowest BCUT2D eigenvalue weighted by Crippen LogP contribution is -2.62. The van der Waals surface area contributed by atoms with Crippen LogP contribution in [0.4, 0.5) is 26.3 Å². The number of aromatic nitrogens is 1. The molecule has 5 N–H and O–H groups in total. The van der Waals surface area contributed by atoms with Crippen molar-refractivity contribution in [3.05, 3.63) is 65.9 Å². The van der Waals surface area contributed by atoms with Crippen LogP contribution >= 0.6 is 0 Å². The average Bonchev–Trinajstić information content (AvgIpc) is 3.63. The van der Waals surface area contributed by atoms with Crippen molar-refractivity contribution in [2.75, 3.05) is 21.1 Å². The number of esters is 1. The molecule has 0 radical (unpaired) electrons. The molecule has 1 aromatic heterocycles. The summed E-state index contributed by atoms with van der Waals surface area (Å²) in [4.78, 5) is 96.2. The number of hydrogen-bond donors (Lipinski definition) is 4. The van der Waals surface area contributed by atoms with E-state index in [4.69, 9.17) is 15.7 Å². The Morgan fingerprint density at radius 1 is 0.789 bits per heavy atom. The first-order valence-electron chi connectivity index (χ1n) is 22.6. The number of carboxylic acids is 1. The van der Waals surface area contributed by atoms with E-state index in [1.54, 1.807) is 69.5 Å². The van der Waals surface area contributed by atoms with Gasteiger partial charge in [0.2, 0.25) is 29.7 Å². The number of para-hydroxylation sites is 1. The minimum atomic E-state index is -5.55. The molecule has 24 heteroatoms. The molecule has 3 rings (SSSR count). The summed E-state index contributed by atoms with van der Waals surface area (Å²) >= 11 is 0. The molecular weight excluding hydrogens is 945 g/mol. The molecule has 7 atom stereocenters. The second kappa shape index (κ2) is 25.0. The first-order valence-corrected chi connectivity index (χ1v) is 22.6. The number of hydrogen-bond acceptors (Lipinski definition) is 10. The predicted molar refractivity (Wildman–Crippen MR) is 250 cm³/mol. The zero-order chi connectivity index (χ0) is 53.9. The van der Waals surface area contributed by atoms with Gasteiger partial charge in [-0.1, -0.05) is 75.6 Å². The lowest BCUT2D eigenvalue weighted by molar-refractivity contribution is -0.182. The normalized spacial score (nSPS) is 14.8. The summed E-state index contributed by atoms with van der Waals surface area (Å²) in [5, 5.41) is 23.1. The molecule has 3 aromatic rings. The molecule has 17 nitrogen and oxygen atoms in total. The summed E-state index contributed by atoms with van der Waals surface area (Å²) in [6.07, 6.45) is -12.6. The fourth-order valence-corrected chi connectivity index (χ4v) is 7.62. The molecule has 388 valence electrons. The zero-order valence-electron chi connectivity index (χ0n) is 40.9. The van der Waals surface area contributed by atoms with E-state index in [-0.39, 0.29) is 30.1 Å². The van der Waals surface area contributed by atoms with Crippen LogP contribution in [0.25, 0.3) is 10.9 Å². The van der Waals surface area contributed by atoms with Crippen LogP contribution in [0.2, 0.25) is 0 Å². The monoisotopic (exact) mass is 1010 g/mol. The number of carbonyl (C=O) groups excluding carboxylic acids is 6. The summed E-state index contributed by atoms with van der Waals surface area (Å²) < 4.78 is 92.4. The summed E-state index contributed by atoms with van der Waals surface area (Å²) in [6.45, 7) is 7.83. The smallest absolute Gasteiger partial charge is 0.417 e. The topological polar surface area (TPSA) is 237 Å². The van der Waals surface area contributed by atoms with Gasteiger partial charge >= 0.3 is 24.3 Å². The van der Waals surface area contributed by atoms with Gasteiger partial charge in [0.1, 0.15) is 32.0 Å². The van der Waals surface area contributed by atoms with Crippen molar-refractivity contribution in [2.45, 2.75) is 128 Å². The molecular formula is C47H61BF6N8O9. The second-order valence-corrected chi connectivity index (χ2v) is 18.3. The summed E-state index contributed by atoms with van der Waals surface area (Å²) in [5.74, 6) is -11.0. The number of carboxylic acid groups (broad SMARTS) is 1. The number of nitrogens with two attached hydrogens (primary N) is 1. The Balaban J connectivity index is 2.15. The van der Waals surface area contributed by atoms with Crippen molar-refractivity contribution < 1.29 is 69.7 Å². The van der Waals surface area contributed by atoms with Gasteiger partial charge in [-0.05, 0) is 48.8 Å². The van der Waals surface area contributed by atoms with Crippen molar-refractivity contribution in [2.24, 2.45) is 17.6 Å². The van der Waals surface area contributed by atoms with Crippen molar-refractivity contribution in [1.82, 2.24) is 29.9 Å². The van der Waals surface area contributed by atoms with Crippen LogP contribution in [0, 0.1) is 23.2 Å². The van der Waals surface area contributed by atoms with Gasteiger partial charge in [0.25, 0.3) is 5.91 Å². The first-order chi connectivity index (χ1) is 32.9. The quantitative estimate of drug-likeness (QED) is 0.0613. The number of benzene rings is 2. The Morgan fingerprint density at radius 2 is 1.35 bits per heavy atom. The van der Waals surface area contributed by atoms with Crippen molar-refractivity contribution in [3.63, 3.8) is 0 Å². The number of halogens is 6. The zero-order valence-corrected chi connectivity index (χ0v) is 40.9. The molecule has 0 spiro atoms. The van der Waals surface area contributed by atoms with Crippen molar-refractivity contribution in [1.29, 1.82) is 5.26 Å². The fraction of sp³-hybridized carbons (Fsp3) is 0.532. The van der Waals surface area contributed by atoms with E-state index in [2.05, 4.69) is 5.32 Å². The predicted octanol–water partition coefficient (Wildman–Crippen LogP) is 2.81. The largest absolute Gasteiger partial charge is 0.479 e. The third-order valence-corrected chi connectivity index (χ3v) is 11.8. The highest BCUT2D eigenvalue weighted by Gasteiger charge is 2.50. The Morgan fingerprint density at radius 3 is 1.89 bits per heavy atom. The number of aliphatic carboxylic acids is 1. The van der Waals surface area contributed by atoms with Crippen LogP contribution in [0.5, 0.6) is 0 Å². The summed E-state index contributed by atoms with van der Waals surface area (Å²) in [7, 11) is 4.73. The van der Waals surface area contributed by atoms with Gasteiger partial charge in [0, 0.05) is 64.1 Å². The highest BCUT2D eigenvalue weighted by atomic mass is 19.4. The Labute approximate surface area is 408 Å². The lowest BCUT2D eigenvalue weighted by atomic mass is 9.95. The highest BCUT2D eigenvalue weighted by Crippen LogP contribution is 2.28. The maximum atomic E-state index is 15.0. The van der Waals surface area contributed by atoms with E-state index < -0.39 is 115 Å². The van der Waals surface area contributed by atoms with Crippen LogP contribution < -0.4 is 21.8 Å². The molecule has 0 aliphatic rings. The van der Waals surface area contributed by atoms with E-state index in [9.17, 15) is 51.8 Å². The molecule has 0 fully saturated rings. The molecule has 0 bridgehead atoms. The van der Waals surface area contributed by atoms with E-state index >= 15 is 13.2 Å². The van der Waals surface area contributed by atoms with Gasteiger partial charge in [-0.15, -0.1) is 0 Å². The summed E-state index contributed by atoms with van der Waals surface area (Å²) in [5.41, 5.74) is 8.07. The Kier molecular flexibility index (Phi) is 20.6. The molecule has 1 heterocycles. The number of nitriles is 1. The molecule has 0 unspecified atom stereocenters. The van der Waals surface area contributed by atoms with Crippen LogP contribution in [-0.2, 0) is 51.3 Å². The number of amides is 5. The number of likely N-dealkylation sites (N-methyl/N-ethyl adjacent to an activating group) is 3. The van der Waals surface area contributed by atoms with Gasteiger partial charge in [-0.25, -0.2) is 9.59 Å². The molecule has 0 saturated carbocycles. The molecule has 2 aromatic carbocycles. The number of nitrogens with one attached hydrogen (secondary N) is 2. The number of carbonyl (C=O) groups is 7. The summed E-state index contributed by atoms with van der Waals surface area (Å²) in [6, 6.07) is 2.88. The highest BCUT2D eigenvalue weighted by molar-refractivity contribution is 6.32. The minimum absolute atomic E-state index is 0.172. The lowest BCUT2D eigenvalue weighted by Gasteiger charge is -2.35. The van der Waals surface area contributed by atoms with Crippen molar-refractivity contribution >= 4 is 65.7 Å². The van der Waals surface area contributed by atoms with Gasteiger partial charge in [-0.3, -0.25) is 24.0 Å². The number of nitrogens with zero attached hydrogens (tertiary/aromatic N) is 5. The van der Waals surface area contributed by atoms with Gasteiger partial charge < -0.3 is 45.5 Å². The van der Waals surface area contributed by atoms with E-state index in [1.165, 1.54) is 0 Å². The number of alkyl halides is 6. The van der Waals surface area contributed by atoms with E-state index in [0.29, 0.717) is 27.9 Å². The Bertz CT molecular complexity index is 2430. The average molecular weight is 1010 g/mol. The maximum Gasteiger partial charge on any atom is 0.417 e. The van der Waals surface area contributed by atoms with E-state index in [0.717, 1.165) is 44.0 Å². The van der Waals surface area contributed by atoms with Crippen LogP contribution in [0.15, 0.2) is 54.7 Å². The molecule has 71 heavy (non-hydrogen) atoms. The number of fused-ring (bicyclic) bond motifs is 1. The molecule has 0 aliphatic heterocycles. The third kappa shape index (κ3) is 15.9. The molecule has 5 amide bonds.